The topological polar surface area (TPSA) is 71.5 Å². The first-order valence-electron chi connectivity index (χ1n) is 6.24. The fourth-order valence-corrected chi connectivity index (χ4v) is 11.6. The first kappa shape index (κ1) is 22.8. The molecule has 142 valence electrons. The van der Waals surface area contributed by atoms with Crippen molar-refractivity contribution in [3.8, 4) is 0 Å². The second-order valence-electron chi connectivity index (χ2n) is 4.35. The summed E-state index contributed by atoms with van der Waals surface area (Å²) in [6.45, 7) is 3.74. The van der Waals surface area contributed by atoms with Gasteiger partial charge in [-0.15, -0.1) is 0 Å². The maximum absolute atomic E-state index is 12.8. The Hall–Kier alpha value is -0.210. The molecular weight excluding hydrogens is 396 g/mol. The number of alkyl halides is 6. The number of hydrogen-bond acceptors (Lipinski definition) is 4. The second kappa shape index (κ2) is 6.96. The molecule has 0 bridgehead atoms. The van der Waals surface area contributed by atoms with E-state index in [-0.39, 0.29) is 6.42 Å². The van der Waals surface area contributed by atoms with Crippen molar-refractivity contribution in [1.82, 2.24) is 3.12 Å². The van der Waals surface area contributed by atoms with Gasteiger partial charge in [-0.05, 0) is 26.8 Å². The van der Waals surface area contributed by atoms with E-state index in [1.165, 1.54) is 20.8 Å². The summed E-state index contributed by atoms with van der Waals surface area (Å²) in [5.74, 6) is -1.31. The molecule has 0 unspecified atom stereocenters. The Bertz CT molecular complexity index is 562. The van der Waals surface area contributed by atoms with Crippen LogP contribution in [-0.4, -0.2) is 48.2 Å². The molecule has 0 aromatic rings. The van der Waals surface area contributed by atoms with Crippen LogP contribution in [0.25, 0.3) is 0 Å². The Morgan fingerprint density at radius 1 is 0.739 bits per heavy atom. The van der Waals surface area contributed by atoms with Gasteiger partial charge in [-0.2, -0.15) is 36.6 Å². The quantitative estimate of drug-likeness (QED) is 0.601. The highest BCUT2D eigenvalue weighted by atomic mass is 32.4. The fraction of sp³-hybridized carbons (Fsp3) is 1.00. The molecule has 0 fully saturated rings. The number of halogens is 6. The Morgan fingerprint density at radius 3 is 1.22 bits per heavy atom. The summed E-state index contributed by atoms with van der Waals surface area (Å²) in [5, 5.41) is 0. The Labute approximate surface area is 132 Å². The summed E-state index contributed by atoms with van der Waals surface area (Å²) < 4.78 is 122. The van der Waals surface area contributed by atoms with Gasteiger partial charge in [-0.1, -0.05) is 20.8 Å². The third-order valence-electron chi connectivity index (χ3n) is 2.95. The third kappa shape index (κ3) is 4.07. The minimum absolute atomic E-state index is 0.0221. The Kier molecular flexibility index (Phi) is 6.89. The highest BCUT2D eigenvalue weighted by molar-refractivity contribution is 8.41. The van der Waals surface area contributed by atoms with Crippen molar-refractivity contribution in [2.75, 3.05) is 17.3 Å². The van der Waals surface area contributed by atoms with E-state index in [4.69, 9.17) is 0 Å². The molecule has 5 nitrogen and oxygen atoms in total. The smallest absolute Gasteiger partial charge is 0.201 e. The summed E-state index contributed by atoms with van der Waals surface area (Å²) >= 11 is 0. The summed E-state index contributed by atoms with van der Waals surface area (Å²) in [6, 6.07) is 0. The first-order chi connectivity index (χ1) is 10.0. The van der Waals surface area contributed by atoms with Gasteiger partial charge in [-0.25, -0.2) is 16.8 Å². The normalized spacial score (nSPS) is 15.9. The molecule has 0 atom stereocenters. The molecule has 0 rings (SSSR count). The summed E-state index contributed by atoms with van der Waals surface area (Å²) in [5.41, 5.74) is -12.3. The molecular formula is C9H17F6NO4S3. The molecule has 23 heavy (non-hydrogen) atoms. The van der Waals surface area contributed by atoms with Gasteiger partial charge in [0.15, 0.2) is 0 Å². The van der Waals surface area contributed by atoms with Gasteiger partial charge in [0, 0.05) is 0 Å². The predicted octanol–water partition coefficient (Wildman–Crippen LogP) is 3.16. The third-order valence-corrected chi connectivity index (χ3v) is 13.1. The minimum atomic E-state index is -6.72. The molecule has 0 saturated carbocycles. The monoisotopic (exact) mass is 413 g/mol. The number of sulfonamides is 2. The molecule has 0 aromatic carbocycles. The average Bonchev–Trinajstić information content (AvgIpc) is 2.34. The molecule has 0 aliphatic carbocycles. The maximum Gasteiger partial charge on any atom is 0.513 e. The molecule has 0 amide bonds. The van der Waals surface area contributed by atoms with Crippen LogP contribution in [0, 0.1) is 0 Å². The summed E-state index contributed by atoms with van der Waals surface area (Å²) in [6.07, 6.45) is 0.0221. The molecule has 0 aromatic heterocycles. The lowest BCUT2D eigenvalue weighted by molar-refractivity contribution is -0.0505. The zero-order valence-corrected chi connectivity index (χ0v) is 14.9. The number of hydrogen-bond donors (Lipinski definition) is 0. The van der Waals surface area contributed by atoms with Gasteiger partial charge in [0.25, 0.3) is 0 Å². The van der Waals surface area contributed by atoms with E-state index in [2.05, 4.69) is 0 Å². The van der Waals surface area contributed by atoms with Crippen LogP contribution in [0.1, 0.15) is 27.2 Å². The van der Waals surface area contributed by atoms with Crippen LogP contribution in [0.4, 0.5) is 26.3 Å². The molecule has 0 spiro atoms. The van der Waals surface area contributed by atoms with Gasteiger partial charge in [0.1, 0.15) is 0 Å². The lowest BCUT2D eigenvalue weighted by Crippen LogP contribution is -2.51. The molecule has 0 N–H and O–H groups in total. The van der Waals surface area contributed by atoms with Crippen molar-refractivity contribution in [3.05, 3.63) is 0 Å². The highest BCUT2D eigenvalue weighted by Gasteiger charge is 2.65. The van der Waals surface area contributed by atoms with Gasteiger partial charge in [0.05, 0.1) is 0 Å². The fourth-order valence-electron chi connectivity index (χ4n) is 1.87. The van der Waals surface area contributed by atoms with Crippen LogP contribution < -0.4 is 0 Å². The summed E-state index contributed by atoms with van der Waals surface area (Å²) in [4.78, 5) is 0. The molecule has 0 heterocycles. The standard InChI is InChI=1S/C9H17F6NO4S3/c1-4-7-21(5-2,6-3)16(22(17,18)8(10,11)12)23(19,20)9(13,14)15/h4-7H2,1-3H3. The molecule has 0 radical (unpaired) electrons. The van der Waals surface area contributed by atoms with Crippen LogP contribution in [-0.2, 0) is 20.0 Å². The highest BCUT2D eigenvalue weighted by Crippen LogP contribution is 2.58. The van der Waals surface area contributed by atoms with Crippen molar-refractivity contribution in [1.29, 1.82) is 0 Å². The van der Waals surface area contributed by atoms with Crippen molar-refractivity contribution < 1.29 is 43.2 Å². The van der Waals surface area contributed by atoms with E-state index in [9.17, 15) is 43.2 Å². The second-order valence-corrected chi connectivity index (χ2v) is 12.5. The van der Waals surface area contributed by atoms with Crippen LogP contribution in [0.5, 0.6) is 0 Å². The zero-order valence-electron chi connectivity index (χ0n) is 12.4. The first-order valence-corrected chi connectivity index (χ1v) is 11.2. The van der Waals surface area contributed by atoms with Crippen molar-refractivity contribution in [3.63, 3.8) is 0 Å². The van der Waals surface area contributed by atoms with E-state index < -0.39 is 61.7 Å². The van der Waals surface area contributed by atoms with E-state index in [1.807, 2.05) is 0 Å². The van der Waals surface area contributed by atoms with Crippen molar-refractivity contribution in [2.24, 2.45) is 0 Å². The largest absolute Gasteiger partial charge is 0.513 e. The van der Waals surface area contributed by atoms with Gasteiger partial charge in [-0.3, -0.25) is 0 Å². The molecule has 14 heteroatoms. The van der Waals surface area contributed by atoms with Crippen molar-refractivity contribution >= 4 is 30.3 Å². The van der Waals surface area contributed by atoms with Crippen LogP contribution in [0.3, 0.4) is 0 Å². The van der Waals surface area contributed by atoms with Gasteiger partial charge >= 0.3 is 31.1 Å². The number of nitrogens with zero attached hydrogens (tertiary/aromatic N) is 1. The zero-order chi connectivity index (χ0) is 18.9. The minimum Gasteiger partial charge on any atom is -0.201 e. The molecule has 0 aliphatic rings. The van der Waals surface area contributed by atoms with E-state index in [0.717, 1.165) is 0 Å². The van der Waals surface area contributed by atoms with Crippen molar-refractivity contribution in [2.45, 2.75) is 38.2 Å². The van der Waals surface area contributed by atoms with Gasteiger partial charge < -0.3 is 0 Å². The maximum atomic E-state index is 12.8. The Balaban J connectivity index is 6.84. The van der Waals surface area contributed by atoms with Crippen LogP contribution in [0.15, 0.2) is 0 Å². The SMILES string of the molecule is CCCS(CC)(CC)N(S(=O)(=O)C(F)(F)F)S(=O)(=O)C(F)(F)F. The van der Waals surface area contributed by atoms with E-state index in [0.29, 0.717) is 0 Å². The number of rotatable bonds is 7. The molecule has 0 aliphatic heterocycles. The van der Waals surface area contributed by atoms with E-state index >= 15 is 0 Å². The predicted molar refractivity (Wildman–Crippen MR) is 75.6 cm³/mol. The summed E-state index contributed by atoms with van der Waals surface area (Å²) in [7, 11) is -16.9. The lowest BCUT2D eigenvalue weighted by atomic mass is 10.6. The van der Waals surface area contributed by atoms with E-state index in [1.54, 1.807) is 0 Å². The lowest BCUT2D eigenvalue weighted by Gasteiger charge is -2.45. The van der Waals surface area contributed by atoms with Crippen LogP contribution >= 0.6 is 10.2 Å². The average molecular weight is 413 g/mol. The van der Waals surface area contributed by atoms with Crippen LogP contribution in [0.2, 0.25) is 0 Å². The molecule has 0 saturated heterocycles. The Morgan fingerprint density at radius 2 is 1.04 bits per heavy atom. The van der Waals surface area contributed by atoms with Gasteiger partial charge in [0.2, 0.25) is 0 Å².